The first-order valence-electron chi connectivity index (χ1n) is 11.2. The summed E-state index contributed by atoms with van der Waals surface area (Å²) >= 11 is 6.03. The van der Waals surface area contributed by atoms with Crippen molar-refractivity contribution in [2.45, 2.75) is 18.7 Å². The molecule has 1 aliphatic heterocycles. The largest absolute Gasteiger partial charge is 0.493 e. The van der Waals surface area contributed by atoms with Crippen LogP contribution in [0.15, 0.2) is 61.2 Å². The van der Waals surface area contributed by atoms with Gasteiger partial charge in [-0.2, -0.15) is 0 Å². The van der Waals surface area contributed by atoms with E-state index in [1.807, 2.05) is 41.1 Å². The van der Waals surface area contributed by atoms with Crippen LogP contribution in [0.2, 0.25) is 5.02 Å². The van der Waals surface area contributed by atoms with Crippen LogP contribution in [0.4, 0.5) is 0 Å². The number of methoxy groups -OCH3 is 1. The minimum atomic E-state index is -1.14. The molecule has 1 aliphatic rings. The van der Waals surface area contributed by atoms with Gasteiger partial charge in [-0.1, -0.05) is 23.7 Å². The van der Waals surface area contributed by atoms with E-state index < -0.39 is 5.60 Å². The van der Waals surface area contributed by atoms with Crippen LogP contribution in [0.3, 0.4) is 0 Å². The molecular weight excluding hydrogens is 458 g/mol. The van der Waals surface area contributed by atoms with E-state index in [0.717, 1.165) is 5.56 Å². The molecule has 0 amide bonds. The molecule has 1 saturated heterocycles. The van der Waals surface area contributed by atoms with Gasteiger partial charge in [0.05, 0.1) is 33.2 Å². The summed E-state index contributed by atoms with van der Waals surface area (Å²) in [5.74, 6) is 1.98. The van der Waals surface area contributed by atoms with Crippen molar-refractivity contribution in [2.24, 2.45) is 0 Å². The van der Waals surface area contributed by atoms with Crippen LogP contribution in [0, 0.1) is 0 Å². The number of halogens is 1. The predicted molar refractivity (Wildman–Crippen MR) is 129 cm³/mol. The fraction of sp³-hybridized carbons (Fsp3) is 0.400. The lowest BCUT2D eigenvalue weighted by Crippen LogP contribution is -2.48. The van der Waals surface area contributed by atoms with Gasteiger partial charge in [-0.3, -0.25) is 4.90 Å². The minimum Gasteiger partial charge on any atom is -0.493 e. The fourth-order valence-electron chi connectivity index (χ4n) is 3.86. The second kappa shape index (κ2) is 11.6. The second-order valence-corrected chi connectivity index (χ2v) is 8.80. The van der Waals surface area contributed by atoms with Crippen LogP contribution in [-0.2, 0) is 17.8 Å². The highest BCUT2D eigenvalue weighted by molar-refractivity contribution is 6.30. The molecule has 8 nitrogen and oxygen atoms in total. The van der Waals surface area contributed by atoms with Gasteiger partial charge in [0.15, 0.2) is 11.5 Å². The number of nitrogens with zero attached hydrogens (tertiary/aromatic N) is 3. The Balaban J connectivity index is 1.35. The van der Waals surface area contributed by atoms with Crippen LogP contribution >= 0.6 is 11.6 Å². The Labute approximate surface area is 204 Å². The molecule has 0 aliphatic carbocycles. The van der Waals surface area contributed by atoms with Crippen molar-refractivity contribution < 1.29 is 24.1 Å². The lowest BCUT2D eigenvalue weighted by atomic mass is 10.1. The quantitative estimate of drug-likeness (QED) is 0.470. The van der Waals surface area contributed by atoms with Crippen LogP contribution in [0.25, 0.3) is 0 Å². The molecule has 34 heavy (non-hydrogen) atoms. The number of benzene rings is 2. The summed E-state index contributed by atoms with van der Waals surface area (Å²) in [6.07, 6.45) is 5.40. The molecule has 1 fully saturated rings. The third-order valence-corrected chi connectivity index (χ3v) is 5.78. The molecule has 2 aromatic carbocycles. The standard InChI is InChI=1S/C25H30ClN3O5/c1-31-24-13-20(5-6-23(24)33-12-10-28-8-7-27-19-28)15-29-9-11-32-17-25(30,16-29)18-34-22-4-2-3-21(26)14-22/h2-8,13-14,19,30H,9-12,15-18H2,1H3. The zero-order valence-corrected chi connectivity index (χ0v) is 20.0. The third-order valence-electron chi connectivity index (χ3n) is 5.54. The van der Waals surface area contributed by atoms with Gasteiger partial charge in [-0.15, -0.1) is 0 Å². The van der Waals surface area contributed by atoms with Gasteiger partial charge in [-0.25, -0.2) is 4.98 Å². The summed E-state index contributed by atoms with van der Waals surface area (Å²) in [6, 6.07) is 13.1. The first kappa shape index (κ1) is 24.3. The second-order valence-electron chi connectivity index (χ2n) is 8.37. The highest BCUT2D eigenvalue weighted by Crippen LogP contribution is 2.29. The fourth-order valence-corrected chi connectivity index (χ4v) is 4.04. The van der Waals surface area contributed by atoms with Crippen LogP contribution in [-0.4, -0.2) is 71.8 Å². The van der Waals surface area contributed by atoms with E-state index in [2.05, 4.69) is 9.88 Å². The number of hydrogen-bond acceptors (Lipinski definition) is 7. The van der Waals surface area contributed by atoms with Crippen LogP contribution in [0.5, 0.6) is 17.2 Å². The molecule has 1 N–H and O–H groups in total. The summed E-state index contributed by atoms with van der Waals surface area (Å²) in [5, 5.41) is 11.8. The van der Waals surface area contributed by atoms with Gasteiger partial charge in [0.1, 0.15) is 24.6 Å². The SMILES string of the molecule is COc1cc(CN2CCOCC(O)(COc3cccc(Cl)c3)C2)ccc1OCCn1ccnc1. The molecule has 1 aromatic heterocycles. The lowest BCUT2D eigenvalue weighted by molar-refractivity contribution is -0.0646. The van der Waals surface area contributed by atoms with Crippen LogP contribution < -0.4 is 14.2 Å². The monoisotopic (exact) mass is 487 g/mol. The maximum absolute atomic E-state index is 11.2. The Morgan fingerprint density at radius 2 is 2.09 bits per heavy atom. The number of hydrogen-bond donors (Lipinski definition) is 1. The van der Waals surface area contributed by atoms with Crippen molar-refractivity contribution in [3.05, 3.63) is 71.8 Å². The molecular formula is C25H30ClN3O5. The lowest BCUT2D eigenvalue weighted by Gasteiger charge is -2.30. The van der Waals surface area contributed by atoms with E-state index in [4.69, 9.17) is 30.5 Å². The molecule has 1 atom stereocenters. The average molecular weight is 488 g/mol. The van der Waals surface area contributed by atoms with Crippen molar-refractivity contribution in [3.8, 4) is 17.2 Å². The van der Waals surface area contributed by atoms with Gasteiger partial charge in [-0.05, 0) is 35.9 Å². The number of imidazole rings is 1. The average Bonchev–Trinajstić information content (AvgIpc) is 3.28. The Bertz CT molecular complexity index is 1050. The Morgan fingerprint density at radius 3 is 2.88 bits per heavy atom. The van der Waals surface area contributed by atoms with Crippen molar-refractivity contribution in [1.82, 2.24) is 14.5 Å². The molecule has 0 bridgehead atoms. The van der Waals surface area contributed by atoms with E-state index in [-0.39, 0.29) is 13.2 Å². The predicted octanol–water partition coefficient (Wildman–Crippen LogP) is 3.27. The van der Waals surface area contributed by atoms with E-state index in [0.29, 0.717) is 61.7 Å². The van der Waals surface area contributed by atoms with Crippen molar-refractivity contribution in [2.75, 3.05) is 46.6 Å². The summed E-state index contributed by atoms with van der Waals surface area (Å²) < 4.78 is 24.9. The number of ether oxygens (including phenoxy) is 4. The Hall–Kier alpha value is -2.78. The van der Waals surface area contributed by atoms with Crippen molar-refractivity contribution >= 4 is 11.6 Å². The minimum absolute atomic E-state index is 0.108. The first-order chi connectivity index (χ1) is 16.5. The Morgan fingerprint density at radius 1 is 1.18 bits per heavy atom. The zero-order valence-electron chi connectivity index (χ0n) is 19.2. The molecule has 9 heteroatoms. The smallest absolute Gasteiger partial charge is 0.161 e. The normalized spacial score (nSPS) is 18.9. The summed E-state index contributed by atoms with van der Waals surface area (Å²) in [5.41, 5.74) is -0.0851. The Kier molecular flexibility index (Phi) is 8.29. The molecule has 2 heterocycles. The number of aliphatic hydroxyl groups is 1. The zero-order chi connectivity index (χ0) is 23.8. The number of aromatic nitrogens is 2. The summed E-state index contributed by atoms with van der Waals surface area (Å²) in [7, 11) is 1.63. The van der Waals surface area contributed by atoms with Gasteiger partial charge in [0.25, 0.3) is 0 Å². The molecule has 4 rings (SSSR count). The number of rotatable bonds is 10. The molecule has 182 valence electrons. The summed E-state index contributed by atoms with van der Waals surface area (Å²) in [4.78, 5) is 6.19. The molecule has 0 saturated carbocycles. The highest BCUT2D eigenvalue weighted by atomic mass is 35.5. The third kappa shape index (κ3) is 6.87. The molecule has 0 spiro atoms. The van der Waals surface area contributed by atoms with Gasteiger partial charge in [0, 0.05) is 37.1 Å². The number of β-amino-alcohol motifs (C(OH)–C–C–N with tert-alkyl or cyclic N) is 1. The van der Waals surface area contributed by atoms with Crippen LogP contribution in [0.1, 0.15) is 5.56 Å². The maximum Gasteiger partial charge on any atom is 0.161 e. The van der Waals surface area contributed by atoms with Gasteiger partial charge < -0.3 is 28.6 Å². The maximum atomic E-state index is 11.2. The van der Waals surface area contributed by atoms with E-state index in [1.54, 1.807) is 31.8 Å². The van der Waals surface area contributed by atoms with Gasteiger partial charge in [0.2, 0.25) is 0 Å². The summed E-state index contributed by atoms with van der Waals surface area (Å²) in [6.45, 7) is 3.81. The molecule has 0 radical (unpaired) electrons. The molecule has 1 unspecified atom stereocenters. The van der Waals surface area contributed by atoms with E-state index in [1.165, 1.54) is 0 Å². The van der Waals surface area contributed by atoms with Crippen molar-refractivity contribution in [1.29, 1.82) is 0 Å². The van der Waals surface area contributed by atoms with E-state index in [9.17, 15) is 5.11 Å². The first-order valence-corrected chi connectivity index (χ1v) is 11.6. The van der Waals surface area contributed by atoms with E-state index >= 15 is 0 Å². The highest BCUT2D eigenvalue weighted by Gasteiger charge is 2.33. The topological polar surface area (TPSA) is 78.2 Å². The van der Waals surface area contributed by atoms with Crippen molar-refractivity contribution in [3.63, 3.8) is 0 Å². The molecule has 3 aromatic rings. The van der Waals surface area contributed by atoms with Gasteiger partial charge >= 0.3 is 0 Å².